The van der Waals surface area contributed by atoms with Crippen LogP contribution in [0.5, 0.6) is 5.75 Å². The Labute approximate surface area is 130 Å². The molecule has 0 aliphatic rings. The monoisotopic (exact) mass is 316 g/mol. The quantitative estimate of drug-likeness (QED) is 0.940. The Morgan fingerprint density at radius 2 is 1.82 bits per heavy atom. The number of benzene rings is 2. The third-order valence-electron chi connectivity index (χ3n) is 3.28. The fraction of sp³-hybridized carbons (Fsp3) is 0.188. The van der Waals surface area contributed by atoms with Gasteiger partial charge < -0.3 is 4.74 Å². The van der Waals surface area contributed by atoms with Crippen molar-refractivity contribution in [3.63, 3.8) is 0 Å². The molecule has 2 aromatic carbocycles. The Bertz CT molecular complexity index is 852. The van der Waals surface area contributed by atoms with Crippen LogP contribution in [0.4, 0.5) is 5.69 Å². The summed E-state index contributed by atoms with van der Waals surface area (Å²) in [5.41, 5.74) is 2.13. The van der Waals surface area contributed by atoms with E-state index in [9.17, 15) is 8.42 Å². The van der Waals surface area contributed by atoms with Crippen LogP contribution >= 0.6 is 0 Å². The lowest BCUT2D eigenvalue weighted by Gasteiger charge is -2.14. The smallest absolute Gasteiger partial charge is 0.263 e. The van der Waals surface area contributed by atoms with Gasteiger partial charge in [0, 0.05) is 0 Å². The van der Waals surface area contributed by atoms with Gasteiger partial charge in [-0.3, -0.25) is 4.72 Å². The molecular weight excluding hydrogens is 300 g/mol. The van der Waals surface area contributed by atoms with Crippen molar-refractivity contribution in [1.82, 2.24) is 0 Å². The summed E-state index contributed by atoms with van der Waals surface area (Å²) in [4.78, 5) is -0.0367. The van der Waals surface area contributed by atoms with Crippen LogP contribution in [0.25, 0.3) is 0 Å². The maximum Gasteiger partial charge on any atom is 0.263 e. The normalized spacial score (nSPS) is 10.8. The van der Waals surface area contributed by atoms with Gasteiger partial charge in [-0.2, -0.15) is 5.26 Å². The Hall–Kier alpha value is -2.52. The molecule has 1 N–H and O–H groups in total. The summed E-state index contributed by atoms with van der Waals surface area (Å²) in [6.45, 7) is 3.62. The standard InChI is InChI=1S/C16H16N2O3S/c1-11-9-15(21-3)12(2)8-14(11)18-22(19,20)16-7-5-4-6-13(16)10-17/h4-9,18H,1-3H3. The number of aryl methyl sites for hydroxylation is 2. The van der Waals surface area contributed by atoms with Gasteiger partial charge in [0.1, 0.15) is 16.7 Å². The maximum atomic E-state index is 12.5. The van der Waals surface area contributed by atoms with Gasteiger partial charge in [0.2, 0.25) is 0 Å². The lowest BCUT2D eigenvalue weighted by molar-refractivity contribution is 0.411. The first-order valence-electron chi connectivity index (χ1n) is 6.56. The summed E-state index contributed by atoms with van der Waals surface area (Å²) in [5.74, 6) is 0.692. The van der Waals surface area contributed by atoms with Crippen molar-refractivity contribution in [3.05, 3.63) is 53.1 Å². The van der Waals surface area contributed by atoms with Crippen molar-refractivity contribution >= 4 is 15.7 Å². The Balaban J connectivity index is 2.46. The Morgan fingerprint density at radius 3 is 2.45 bits per heavy atom. The van der Waals surface area contributed by atoms with Crippen molar-refractivity contribution < 1.29 is 13.2 Å². The predicted octanol–water partition coefficient (Wildman–Crippen LogP) is 2.98. The summed E-state index contributed by atoms with van der Waals surface area (Å²) in [6, 6.07) is 11.5. The number of methoxy groups -OCH3 is 1. The number of anilines is 1. The van der Waals surface area contributed by atoms with E-state index in [0.29, 0.717) is 11.4 Å². The highest BCUT2D eigenvalue weighted by atomic mass is 32.2. The van der Waals surface area contributed by atoms with Crippen LogP contribution in [-0.2, 0) is 10.0 Å². The molecule has 2 aromatic rings. The maximum absolute atomic E-state index is 12.5. The van der Waals surface area contributed by atoms with Gasteiger partial charge in [-0.05, 0) is 49.2 Å². The second kappa shape index (κ2) is 6.08. The molecule has 0 saturated heterocycles. The summed E-state index contributed by atoms with van der Waals surface area (Å²) in [5, 5.41) is 9.06. The van der Waals surface area contributed by atoms with Gasteiger partial charge in [-0.1, -0.05) is 12.1 Å². The third-order valence-corrected chi connectivity index (χ3v) is 4.71. The van der Waals surface area contributed by atoms with Gasteiger partial charge >= 0.3 is 0 Å². The summed E-state index contributed by atoms with van der Waals surface area (Å²) < 4.78 is 32.8. The van der Waals surface area contributed by atoms with Crippen LogP contribution in [0.3, 0.4) is 0 Å². The molecule has 0 fully saturated rings. The third kappa shape index (κ3) is 3.05. The largest absolute Gasteiger partial charge is 0.496 e. The van der Waals surface area contributed by atoms with Gasteiger partial charge in [-0.25, -0.2) is 8.42 Å². The molecular formula is C16H16N2O3S. The number of nitrogens with zero attached hydrogens (tertiary/aromatic N) is 1. The fourth-order valence-electron chi connectivity index (χ4n) is 2.11. The minimum Gasteiger partial charge on any atom is -0.496 e. The van der Waals surface area contributed by atoms with E-state index in [0.717, 1.165) is 11.1 Å². The average molecular weight is 316 g/mol. The molecule has 0 aliphatic heterocycles. The van der Waals surface area contributed by atoms with Gasteiger partial charge in [0.25, 0.3) is 10.0 Å². The first-order chi connectivity index (χ1) is 10.4. The van der Waals surface area contributed by atoms with Crippen LogP contribution in [0.15, 0.2) is 41.3 Å². The van der Waals surface area contributed by atoms with Crippen molar-refractivity contribution in [2.75, 3.05) is 11.8 Å². The average Bonchev–Trinajstić information content (AvgIpc) is 2.50. The highest BCUT2D eigenvalue weighted by molar-refractivity contribution is 7.92. The Kier molecular flexibility index (Phi) is 4.38. The van der Waals surface area contributed by atoms with Crippen molar-refractivity contribution in [3.8, 4) is 11.8 Å². The van der Waals surface area contributed by atoms with Crippen LogP contribution in [0, 0.1) is 25.2 Å². The zero-order valence-corrected chi connectivity index (χ0v) is 13.4. The van der Waals surface area contributed by atoms with E-state index < -0.39 is 10.0 Å². The SMILES string of the molecule is COc1cc(C)c(NS(=O)(=O)c2ccccc2C#N)cc1C. The zero-order valence-electron chi connectivity index (χ0n) is 12.5. The number of sulfonamides is 1. The molecule has 0 aliphatic carbocycles. The molecule has 6 heteroatoms. The van der Waals surface area contributed by atoms with Gasteiger partial charge in [-0.15, -0.1) is 0 Å². The van der Waals surface area contributed by atoms with Crippen molar-refractivity contribution in [2.45, 2.75) is 18.7 Å². The lowest BCUT2D eigenvalue weighted by atomic mass is 10.1. The fourth-order valence-corrected chi connectivity index (χ4v) is 3.39. The molecule has 2 rings (SSSR count). The van der Waals surface area contributed by atoms with Gasteiger partial charge in [0.05, 0.1) is 18.4 Å². The number of ether oxygens (including phenoxy) is 1. The molecule has 114 valence electrons. The van der Waals surface area contributed by atoms with E-state index in [4.69, 9.17) is 10.00 Å². The topological polar surface area (TPSA) is 79.2 Å². The van der Waals surface area contributed by atoms with E-state index in [1.165, 1.54) is 12.1 Å². The highest BCUT2D eigenvalue weighted by Gasteiger charge is 2.19. The highest BCUT2D eigenvalue weighted by Crippen LogP contribution is 2.28. The summed E-state index contributed by atoms with van der Waals surface area (Å²) >= 11 is 0. The number of nitriles is 1. The van der Waals surface area contributed by atoms with Crippen molar-refractivity contribution in [1.29, 1.82) is 5.26 Å². The van der Waals surface area contributed by atoms with E-state index in [1.54, 1.807) is 38.3 Å². The first kappa shape index (κ1) is 15.9. The molecule has 0 radical (unpaired) electrons. The lowest BCUT2D eigenvalue weighted by Crippen LogP contribution is -2.15. The second-order valence-electron chi connectivity index (χ2n) is 4.85. The molecule has 0 unspecified atom stereocenters. The molecule has 0 spiro atoms. The number of rotatable bonds is 4. The van der Waals surface area contributed by atoms with Crippen LogP contribution in [0.1, 0.15) is 16.7 Å². The summed E-state index contributed by atoms with van der Waals surface area (Å²) in [6.07, 6.45) is 0. The number of hydrogen-bond acceptors (Lipinski definition) is 4. The van der Waals surface area contributed by atoms with Crippen LogP contribution < -0.4 is 9.46 Å². The molecule has 0 aromatic heterocycles. The molecule has 0 amide bonds. The summed E-state index contributed by atoms with van der Waals surface area (Å²) in [7, 11) is -2.26. The van der Waals surface area contributed by atoms with E-state index >= 15 is 0 Å². The second-order valence-corrected chi connectivity index (χ2v) is 6.50. The number of hydrogen-bond donors (Lipinski definition) is 1. The van der Waals surface area contributed by atoms with Crippen molar-refractivity contribution in [2.24, 2.45) is 0 Å². The first-order valence-corrected chi connectivity index (χ1v) is 8.04. The van der Waals surface area contributed by atoms with E-state index in [2.05, 4.69) is 4.72 Å². The molecule has 0 saturated carbocycles. The minimum absolute atomic E-state index is 0.0367. The molecule has 0 atom stereocenters. The molecule has 22 heavy (non-hydrogen) atoms. The van der Waals surface area contributed by atoms with Gasteiger partial charge in [0.15, 0.2) is 0 Å². The number of nitrogens with one attached hydrogen (secondary N) is 1. The minimum atomic E-state index is -3.83. The Morgan fingerprint density at radius 1 is 1.14 bits per heavy atom. The molecule has 0 bridgehead atoms. The predicted molar refractivity (Wildman–Crippen MR) is 84.4 cm³/mol. The van der Waals surface area contributed by atoms with E-state index in [1.807, 2.05) is 13.0 Å². The molecule has 5 nitrogen and oxygen atoms in total. The van der Waals surface area contributed by atoms with E-state index in [-0.39, 0.29) is 10.5 Å². The van der Waals surface area contributed by atoms with Crippen LogP contribution in [-0.4, -0.2) is 15.5 Å². The zero-order chi connectivity index (χ0) is 16.3. The molecule has 0 heterocycles. The van der Waals surface area contributed by atoms with Crippen LogP contribution in [0.2, 0.25) is 0 Å².